The van der Waals surface area contributed by atoms with Gasteiger partial charge in [-0.15, -0.1) is 0 Å². The third kappa shape index (κ3) is 4.13. The summed E-state index contributed by atoms with van der Waals surface area (Å²) < 4.78 is 32.0. The van der Waals surface area contributed by atoms with Crippen LogP contribution in [-0.4, -0.2) is 27.7 Å². The summed E-state index contributed by atoms with van der Waals surface area (Å²) in [6.45, 7) is 4.15. The summed E-state index contributed by atoms with van der Waals surface area (Å²) in [7, 11) is 0. The molecule has 8 heteroatoms. The first-order valence-corrected chi connectivity index (χ1v) is 8.89. The number of fused-ring (bicyclic) bond motifs is 1. The summed E-state index contributed by atoms with van der Waals surface area (Å²) >= 11 is 1.21. The molecule has 136 valence electrons. The standard InChI is InChI=1S/C18H17F2N3O2S/c1-3-25-12-5-7-15-16(9-12)23-18(22-15)26-10(2)17(24)21-14-6-4-11(19)8-13(14)20/h4-10H,3H2,1-2H3,(H,21,24)(H,22,23). The van der Waals surface area contributed by atoms with E-state index in [1.807, 2.05) is 25.1 Å². The van der Waals surface area contributed by atoms with E-state index in [1.165, 1.54) is 17.8 Å². The molecule has 0 saturated carbocycles. The average Bonchev–Trinajstić information content (AvgIpc) is 2.99. The summed E-state index contributed by atoms with van der Waals surface area (Å²) in [5.74, 6) is -1.19. The van der Waals surface area contributed by atoms with E-state index in [4.69, 9.17) is 4.74 Å². The van der Waals surface area contributed by atoms with E-state index in [-0.39, 0.29) is 5.69 Å². The van der Waals surface area contributed by atoms with Crippen LogP contribution in [0.25, 0.3) is 11.0 Å². The van der Waals surface area contributed by atoms with Gasteiger partial charge in [-0.1, -0.05) is 11.8 Å². The minimum absolute atomic E-state index is 0.0604. The van der Waals surface area contributed by atoms with E-state index in [9.17, 15) is 13.6 Å². The van der Waals surface area contributed by atoms with Gasteiger partial charge >= 0.3 is 0 Å². The Morgan fingerprint density at radius 3 is 2.85 bits per heavy atom. The number of benzene rings is 2. The smallest absolute Gasteiger partial charge is 0.237 e. The second kappa shape index (κ2) is 7.74. The molecule has 0 radical (unpaired) electrons. The van der Waals surface area contributed by atoms with E-state index in [0.29, 0.717) is 11.8 Å². The number of aromatic nitrogens is 2. The van der Waals surface area contributed by atoms with Crippen LogP contribution in [0.1, 0.15) is 13.8 Å². The van der Waals surface area contributed by atoms with Crippen molar-refractivity contribution < 1.29 is 18.3 Å². The molecule has 3 rings (SSSR count). The zero-order valence-corrected chi connectivity index (χ0v) is 15.0. The highest BCUT2D eigenvalue weighted by Gasteiger charge is 2.18. The number of carbonyl (C=O) groups excluding carboxylic acids is 1. The van der Waals surface area contributed by atoms with Gasteiger partial charge in [0.1, 0.15) is 17.4 Å². The summed E-state index contributed by atoms with van der Waals surface area (Å²) in [5.41, 5.74) is 1.50. The van der Waals surface area contributed by atoms with Gasteiger partial charge in [0.2, 0.25) is 5.91 Å². The van der Waals surface area contributed by atoms with Gasteiger partial charge in [-0.2, -0.15) is 0 Å². The Hall–Kier alpha value is -2.61. The van der Waals surface area contributed by atoms with Crippen LogP contribution in [0.2, 0.25) is 0 Å². The first-order valence-electron chi connectivity index (χ1n) is 8.01. The van der Waals surface area contributed by atoms with E-state index >= 15 is 0 Å². The predicted molar refractivity (Wildman–Crippen MR) is 97.6 cm³/mol. The van der Waals surface area contributed by atoms with Crippen LogP contribution in [-0.2, 0) is 4.79 Å². The van der Waals surface area contributed by atoms with Crippen molar-refractivity contribution in [2.24, 2.45) is 0 Å². The lowest BCUT2D eigenvalue weighted by Gasteiger charge is -2.11. The molecule has 1 atom stereocenters. The molecule has 26 heavy (non-hydrogen) atoms. The van der Waals surface area contributed by atoms with Crippen LogP contribution in [0.5, 0.6) is 5.75 Å². The molecule has 1 heterocycles. The molecule has 0 aliphatic carbocycles. The summed E-state index contributed by atoms with van der Waals surface area (Å²) in [5, 5.41) is 2.48. The summed E-state index contributed by atoms with van der Waals surface area (Å²) in [6.07, 6.45) is 0. The topological polar surface area (TPSA) is 67.0 Å². The molecule has 5 nitrogen and oxygen atoms in total. The molecule has 2 N–H and O–H groups in total. The normalized spacial score (nSPS) is 12.2. The Morgan fingerprint density at radius 2 is 2.12 bits per heavy atom. The van der Waals surface area contributed by atoms with Gasteiger partial charge in [-0.05, 0) is 38.1 Å². The highest BCUT2D eigenvalue weighted by Crippen LogP contribution is 2.26. The molecule has 1 aromatic heterocycles. The molecule has 2 aromatic carbocycles. The van der Waals surface area contributed by atoms with Gasteiger partial charge in [-0.3, -0.25) is 4.79 Å². The van der Waals surface area contributed by atoms with Crippen molar-refractivity contribution in [3.63, 3.8) is 0 Å². The number of thioether (sulfide) groups is 1. The molecule has 0 fully saturated rings. The summed E-state index contributed by atoms with van der Waals surface area (Å²) in [6, 6.07) is 8.51. The monoisotopic (exact) mass is 377 g/mol. The zero-order chi connectivity index (χ0) is 18.7. The van der Waals surface area contributed by atoms with Crippen LogP contribution in [0.3, 0.4) is 0 Å². The second-order valence-electron chi connectivity index (χ2n) is 5.53. The van der Waals surface area contributed by atoms with Gasteiger partial charge in [0.05, 0.1) is 28.6 Å². The number of amides is 1. The number of imidazole rings is 1. The molecule has 0 bridgehead atoms. The Balaban J connectivity index is 1.69. The lowest BCUT2D eigenvalue weighted by molar-refractivity contribution is -0.115. The lowest BCUT2D eigenvalue weighted by Crippen LogP contribution is -2.23. The Kier molecular flexibility index (Phi) is 5.41. The summed E-state index contributed by atoms with van der Waals surface area (Å²) in [4.78, 5) is 19.8. The van der Waals surface area contributed by atoms with E-state index in [0.717, 1.165) is 28.9 Å². The number of rotatable bonds is 6. The van der Waals surface area contributed by atoms with Crippen LogP contribution in [0.15, 0.2) is 41.6 Å². The minimum atomic E-state index is -0.817. The van der Waals surface area contributed by atoms with Crippen molar-refractivity contribution in [3.05, 3.63) is 48.0 Å². The van der Waals surface area contributed by atoms with Crippen LogP contribution >= 0.6 is 11.8 Å². The average molecular weight is 377 g/mol. The zero-order valence-electron chi connectivity index (χ0n) is 14.2. The Morgan fingerprint density at radius 1 is 1.31 bits per heavy atom. The lowest BCUT2D eigenvalue weighted by atomic mass is 10.3. The van der Waals surface area contributed by atoms with Crippen LogP contribution in [0.4, 0.5) is 14.5 Å². The highest BCUT2D eigenvalue weighted by atomic mass is 32.2. The molecule has 0 aliphatic rings. The molecule has 0 saturated heterocycles. The van der Waals surface area contributed by atoms with Crippen molar-refractivity contribution >= 4 is 34.4 Å². The van der Waals surface area contributed by atoms with Crippen molar-refractivity contribution in [1.29, 1.82) is 0 Å². The number of hydrogen-bond donors (Lipinski definition) is 2. The SMILES string of the molecule is CCOc1ccc2nc(SC(C)C(=O)Nc3ccc(F)cc3F)[nH]c2c1. The fourth-order valence-corrected chi connectivity index (χ4v) is 3.14. The molecule has 0 spiro atoms. The van der Waals surface area contributed by atoms with Crippen LogP contribution in [0, 0.1) is 11.6 Å². The van der Waals surface area contributed by atoms with Gasteiger partial charge < -0.3 is 15.0 Å². The predicted octanol–water partition coefficient (Wildman–Crippen LogP) is 4.36. The molecule has 1 amide bonds. The van der Waals surface area contributed by atoms with E-state index in [1.54, 1.807) is 6.92 Å². The Labute approximate surface area is 153 Å². The number of nitrogens with one attached hydrogen (secondary N) is 2. The van der Waals surface area contributed by atoms with Crippen molar-refractivity contribution in [3.8, 4) is 5.75 Å². The molecule has 1 unspecified atom stereocenters. The number of ether oxygens (including phenoxy) is 1. The second-order valence-corrected chi connectivity index (χ2v) is 6.86. The maximum atomic E-state index is 13.6. The van der Waals surface area contributed by atoms with Crippen molar-refractivity contribution in [1.82, 2.24) is 9.97 Å². The first kappa shape index (κ1) is 18.2. The maximum absolute atomic E-state index is 13.6. The van der Waals surface area contributed by atoms with Crippen LogP contribution < -0.4 is 10.1 Å². The first-order chi connectivity index (χ1) is 12.5. The quantitative estimate of drug-likeness (QED) is 0.627. The number of carbonyl (C=O) groups is 1. The number of halogens is 2. The number of anilines is 1. The maximum Gasteiger partial charge on any atom is 0.237 e. The van der Waals surface area contributed by atoms with Crippen molar-refractivity contribution in [2.75, 3.05) is 11.9 Å². The van der Waals surface area contributed by atoms with Gasteiger partial charge in [-0.25, -0.2) is 13.8 Å². The molecule has 3 aromatic rings. The number of H-pyrrole nitrogens is 1. The van der Waals surface area contributed by atoms with Gasteiger partial charge in [0.25, 0.3) is 0 Å². The molecular weight excluding hydrogens is 360 g/mol. The van der Waals surface area contributed by atoms with E-state index in [2.05, 4.69) is 15.3 Å². The third-order valence-corrected chi connectivity index (χ3v) is 4.57. The fourth-order valence-electron chi connectivity index (χ4n) is 2.32. The fraction of sp³-hybridized carbons (Fsp3) is 0.222. The number of hydrogen-bond acceptors (Lipinski definition) is 4. The van der Waals surface area contributed by atoms with Gasteiger partial charge in [0.15, 0.2) is 5.16 Å². The minimum Gasteiger partial charge on any atom is -0.494 e. The van der Waals surface area contributed by atoms with Crippen molar-refractivity contribution in [2.45, 2.75) is 24.3 Å². The van der Waals surface area contributed by atoms with E-state index < -0.39 is 22.8 Å². The molecular formula is C18H17F2N3O2S. The number of aromatic amines is 1. The van der Waals surface area contributed by atoms with Gasteiger partial charge in [0, 0.05) is 12.1 Å². The largest absolute Gasteiger partial charge is 0.494 e. The highest BCUT2D eigenvalue weighted by molar-refractivity contribution is 8.00. The Bertz CT molecular complexity index is 945. The number of nitrogens with zero attached hydrogens (tertiary/aromatic N) is 1. The third-order valence-electron chi connectivity index (χ3n) is 3.59. The molecule has 0 aliphatic heterocycles.